The average Bonchev–Trinajstić information content (AvgIpc) is 3.22. The molecular formula is C29H34N6O2. The maximum atomic E-state index is 12.1. The van der Waals surface area contributed by atoms with Crippen LogP contribution in [0.4, 0.5) is 10.6 Å². The largest absolute Gasteiger partial charge is 0.489 e. The zero-order valence-corrected chi connectivity index (χ0v) is 21.6. The van der Waals surface area contributed by atoms with E-state index in [-0.39, 0.29) is 11.6 Å². The summed E-state index contributed by atoms with van der Waals surface area (Å²) in [7, 11) is 0. The van der Waals surface area contributed by atoms with Gasteiger partial charge in [-0.2, -0.15) is 0 Å². The molecule has 0 unspecified atom stereocenters. The van der Waals surface area contributed by atoms with E-state index in [2.05, 4.69) is 37.4 Å². The van der Waals surface area contributed by atoms with E-state index >= 15 is 0 Å². The number of urea groups is 1. The molecule has 192 valence electrons. The van der Waals surface area contributed by atoms with E-state index in [0.29, 0.717) is 30.9 Å². The van der Waals surface area contributed by atoms with Crippen molar-refractivity contribution in [3.8, 4) is 16.9 Å². The van der Waals surface area contributed by atoms with Crippen molar-refractivity contribution in [2.45, 2.75) is 51.8 Å². The maximum Gasteiger partial charge on any atom is 0.315 e. The number of amides is 2. The summed E-state index contributed by atoms with van der Waals surface area (Å²) in [5, 5.41) is 6.80. The number of nitrogens with two attached hydrogens (primary N) is 1. The number of carbonyl (C=O) groups is 1. The number of ether oxygens (including phenoxy) is 1. The molecule has 2 amide bonds. The van der Waals surface area contributed by atoms with Crippen molar-refractivity contribution >= 4 is 22.9 Å². The van der Waals surface area contributed by atoms with Crippen molar-refractivity contribution < 1.29 is 9.53 Å². The van der Waals surface area contributed by atoms with Gasteiger partial charge in [0.25, 0.3) is 0 Å². The molecule has 8 nitrogen and oxygen atoms in total. The number of anilines is 1. The van der Waals surface area contributed by atoms with Crippen molar-refractivity contribution in [3.05, 3.63) is 72.7 Å². The van der Waals surface area contributed by atoms with Crippen LogP contribution < -0.4 is 21.1 Å². The van der Waals surface area contributed by atoms with E-state index in [1.807, 2.05) is 69.3 Å². The third-order valence-electron chi connectivity index (χ3n) is 6.68. The number of nitrogens with zero attached hydrogens (tertiary/aromatic N) is 3. The van der Waals surface area contributed by atoms with Crippen molar-refractivity contribution in [1.29, 1.82) is 0 Å². The van der Waals surface area contributed by atoms with Crippen LogP contribution >= 0.6 is 0 Å². The van der Waals surface area contributed by atoms with Crippen LogP contribution in [0.3, 0.4) is 0 Å². The Hall–Kier alpha value is -4.07. The van der Waals surface area contributed by atoms with Crippen LogP contribution in [-0.2, 0) is 6.61 Å². The highest BCUT2D eigenvalue weighted by Crippen LogP contribution is 2.43. The maximum absolute atomic E-state index is 12.1. The van der Waals surface area contributed by atoms with Gasteiger partial charge in [-0.1, -0.05) is 42.5 Å². The highest BCUT2D eigenvalue weighted by Gasteiger charge is 2.33. The van der Waals surface area contributed by atoms with Crippen molar-refractivity contribution in [1.82, 2.24) is 25.2 Å². The summed E-state index contributed by atoms with van der Waals surface area (Å²) in [6.45, 7) is 7.07. The first kappa shape index (κ1) is 24.6. The Kier molecular flexibility index (Phi) is 6.74. The normalized spacial score (nSPS) is 17.3. The molecule has 4 N–H and O–H groups in total. The van der Waals surface area contributed by atoms with E-state index in [1.165, 1.54) is 6.33 Å². The molecule has 0 spiro atoms. The number of benzene rings is 2. The molecule has 2 aromatic carbocycles. The summed E-state index contributed by atoms with van der Waals surface area (Å²) in [6, 6.07) is 18.3. The van der Waals surface area contributed by atoms with E-state index in [9.17, 15) is 4.79 Å². The summed E-state index contributed by atoms with van der Waals surface area (Å²) in [6.07, 6.45) is 5.57. The summed E-state index contributed by atoms with van der Waals surface area (Å²) in [5.41, 5.74) is 10.0. The Morgan fingerprint density at radius 1 is 1.11 bits per heavy atom. The van der Waals surface area contributed by atoms with Gasteiger partial charge in [0.1, 0.15) is 30.1 Å². The Morgan fingerprint density at radius 2 is 1.89 bits per heavy atom. The van der Waals surface area contributed by atoms with E-state index in [1.54, 1.807) is 0 Å². The van der Waals surface area contributed by atoms with Gasteiger partial charge in [0, 0.05) is 29.9 Å². The molecule has 1 aliphatic carbocycles. The lowest BCUT2D eigenvalue weighted by atomic mass is 9.80. The van der Waals surface area contributed by atoms with Gasteiger partial charge in [-0.25, -0.2) is 14.8 Å². The lowest BCUT2D eigenvalue weighted by molar-refractivity contribution is 0.190. The van der Waals surface area contributed by atoms with Gasteiger partial charge >= 0.3 is 6.03 Å². The third kappa shape index (κ3) is 5.69. The smallest absolute Gasteiger partial charge is 0.315 e. The molecule has 2 aromatic heterocycles. The second-order valence-electron chi connectivity index (χ2n) is 10.8. The quantitative estimate of drug-likeness (QED) is 0.320. The third-order valence-corrected chi connectivity index (χ3v) is 6.68. The van der Waals surface area contributed by atoms with Crippen LogP contribution in [0.5, 0.6) is 5.75 Å². The second-order valence-corrected chi connectivity index (χ2v) is 10.8. The molecule has 0 bridgehead atoms. The van der Waals surface area contributed by atoms with E-state index < -0.39 is 0 Å². The van der Waals surface area contributed by atoms with Crippen molar-refractivity contribution in [3.63, 3.8) is 0 Å². The van der Waals surface area contributed by atoms with Gasteiger partial charge in [0.15, 0.2) is 0 Å². The molecule has 2 heterocycles. The molecule has 0 aliphatic heterocycles. The number of aromatic nitrogens is 3. The Morgan fingerprint density at radius 3 is 2.65 bits per heavy atom. The highest BCUT2D eigenvalue weighted by atomic mass is 16.5. The minimum Gasteiger partial charge on any atom is -0.489 e. The fourth-order valence-electron chi connectivity index (χ4n) is 4.82. The van der Waals surface area contributed by atoms with Gasteiger partial charge in [-0.05, 0) is 62.8 Å². The number of nitrogen functional groups attached to an aromatic ring is 1. The van der Waals surface area contributed by atoms with Gasteiger partial charge in [0.2, 0.25) is 0 Å². The molecule has 5 rings (SSSR count). The van der Waals surface area contributed by atoms with E-state index in [4.69, 9.17) is 10.5 Å². The van der Waals surface area contributed by atoms with Gasteiger partial charge in [0.05, 0.1) is 5.39 Å². The Bertz CT molecular complexity index is 1390. The molecule has 0 radical (unpaired) electrons. The van der Waals surface area contributed by atoms with Crippen molar-refractivity contribution in [2.24, 2.45) is 5.92 Å². The number of nitrogens with one attached hydrogen (secondary N) is 2. The predicted octanol–water partition coefficient (Wildman–Crippen LogP) is 5.31. The number of hydrogen-bond donors (Lipinski definition) is 3. The fourth-order valence-corrected chi connectivity index (χ4v) is 4.82. The average molecular weight is 499 g/mol. The molecule has 1 saturated carbocycles. The SMILES string of the molecule is CC(C)(C)NC(=O)NCC1CC(n2cc(-c3cccc(OCc4ccccc4)c3)c3c(N)ncnc32)C1. The minimum atomic E-state index is -0.254. The summed E-state index contributed by atoms with van der Waals surface area (Å²) < 4.78 is 8.28. The van der Waals surface area contributed by atoms with Crippen LogP contribution in [-0.4, -0.2) is 32.6 Å². The first-order valence-electron chi connectivity index (χ1n) is 12.7. The lowest BCUT2D eigenvalue weighted by Crippen LogP contribution is -2.48. The van der Waals surface area contributed by atoms with Gasteiger partial charge < -0.3 is 25.7 Å². The zero-order valence-electron chi connectivity index (χ0n) is 21.6. The second kappa shape index (κ2) is 10.1. The zero-order chi connectivity index (χ0) is 26.0. The molecule has 37 heavy (non-hydrogen) atoms. The molecule has 1 aliphatic rings. The first-order chi connectivity index (χ1) is 17.8. The number of hydrogen-bond acceptors (Lipinski definition) is 5. The number of carbonyl (C=O) groups excluding carboxylic acids is 1. The van der Waals surface area contributed by atoms with Crippen LogP contribution in [0.25, 0.3) is 22.2 Å². The fraction of sp³-hybridized carbons (Fsp3) is 0.345. The first-order valence-corrected chi connectivity index (χ1v) is 12.7. The number of fused-ring (bicyclic) bond motifs is 1. The Labute approximate surface area is 217 Å². The standard InChI is InChI=1S/C29H34N6O2/c1-29(2,3)34-28(36)31-15-20-12-22(13-20)35-16-24(25-26(30)32-18-33-27(25)35)21-10-7-11-23(14-21)37-17-19-8-5-4-6-9-19/h4-11,14,16,18,20,22H,12-13,15,17H2,1-3H3,(H2,30,32,33)(H2,31,34,36). The number of rotatable bonds is 7. The van der Waals surface area contributed by atoms with Gasteiger partial charge in [-0.15, -0.1) is 0 Å². The lowest BCUT2D eigenvalue weighted by Gasteiger charge is -2.37. The highest BCUT2D eigenvalue weighted by molar-refractivity contribution is 6.00. The molecule has 0 saturated heterocycles. The van der Waals surface area contributed by atoms with Crippen LogP contribution in [0.15, 0.2) is 67.1 Å². The predicted molar refractivity (Wildman–Crippen MR) is 146 cm³/mol. The van der Waals surface area contributed by atoms with Gasteiger partial charge in [-0.3, -0.25) is 0 Å². The summed E-state index contributed by atoms with van der Waals surface area (Å²) in [4.78, 5) is 21.0. The molecule has 0 atom stereocenters. The van der Waals surface area contributed by atoms with E-state index in [0.717, 1.165) is 46.3 Å². The van der Waals surface area contributed by atoms with Crippen molar-refractivity contribution in [2.75, 3.05) is 12.3 Å². The molecule has 1 fully saturated rings. The minimum absolute atomic E-state index is 0.125. The van der Waals surface area contributed by atoms with Crippen LogP contribution in [0.2, 0.25) is 0 Å². The Balaban J connectivity index is 1.32. The monoisotopic (exact) mass is 498 g/mol. The molecule has 8 heteroatoms. The summed E-state index contributed by atoms with van der Waals surface area (Å²) >= 11 is 0. The summed E-state index contributed by atoms with van der Waals surface area (Å²) in [5.74, 6) is 1.68. The molecular weight excluding hydrogens is 464 g/mol. The van der Waals surface area contributed by atoms with Crippen LogP contribution in [0.1, 0.15) is 45.2 Å². The topological polar surface area (TPSA) is 107 Å². The van der Waals surface area contributed by atoms with Crippen LogP contribution in [0, 0.1) is 5.92 Å². The molecule has 4 aromatic rings.